The van der Waals surface area contributed by atoms with Crippen LogP contribution in [0.15, 0.2) is 46.0 Å². The molecule has 0 N–H and O–H groups in total. The van der Waals surface area contributed by atoms with Gasteiger partial charge in [-0.1, -0.05) is 42.5 Å². The highest BCUT2D eigenvalue weighted by Crippen LogP contribution is 2.12. The van der Waals surface area contributed by atoms with Gasteiger partial charge in [0.2, 0.25) is 0 Å². The van der Waals surface area contributed by atoms with Gasteiger partial charge in [0.05, 0.1) is 0 Å². The lowest BCUT2D eigenvalue weighted by Gasteiger charge is -2.22. The second-order valence-electron chi connectivity index (χ2n) is 5.25. The molecule has 0 aliphatic carbocycles. The summed E-state index contributed by atoms with van der Waals surface area (Å²) in [7, 11) is 4.63. The van der Waals surface area contributed by atoms with E-state index in [4.69, 9.17) is 0 Å². The van der Waals surface area contributed by atoms with E-state index < -0.39 is 11.2 Å². The first-order chi connectivity index (χ1) is 11.0. The summed E-state index contributed by atoms with van der Waals surface area (Å²) in [5, 5.41) is 0. The molecule has 0 aliphatic heterocycles. The lowest BCUT2D eigenvalue weighted by Crippen LogP contribution is -2.42. The zero-order chi connectivity index (χ0) is 17.0. The van der Waals surface area contributed by atoms with Crippen molar-refractivity contribution in [3.63, 3.8) is 0 Å². The van der Waals surface area contributed by atoms with Gasteiger partial charge in [-0.15, -0.1) is 0 Å². The molecule has 2 aromatic rings. The first kappa shape index (κ1) is 16.5. The monoisotopic (exact) mass is 313 g/mol. The van der Waals surface area contributed by atoms with E-state index >= 15 is 0 Å². The molecule has 0 bridgehead atoms. The van der Waals surface area contributed by atoms with Gasteiger partial charge in [0.25, 0.3) is 5.56 Å². The molecule has 0 saturated heterocycles. The van der Waals surface area contributed by atoms with Crippen LogP contribution >= 0.6 is 0 Å². The maximum atomic E-state index is 12.1. The largest absolute Gasteiger partial charge is 0.356 e. The van der Waals surface area contributed by atoms with Gasteiger partial charge in [-0.25, -0.2) is 4.79 Å². The molecular formula is C17H19N3O3. The van der Waals surface area contributed by atoms with Gasteiger partial charge >= 0.3 is 5.69 Å². The second-order valence-corrected chi connectivity index (χ2v) is 5.25. The van der Waals surface area contributed by atoms with Gasteiger partial charge in [0.1, 0.15) is 11.4 Å². The minimum absolute atomic E-state index is 0.0230. The molecule has 2 rings (SSSR count). The Morgan fingerprint density at radius 1 is 1.09 bits per heavy atom. The third-order valence-electron chi connectivity index (χ3n) is 3.64. The van der Waals surface area contributed by atoms with Crippen molar-refractivity contribution in [1.82, 2.24) is 9.13 Å². The molecule has 0 aliphatic rings. The molecular weight excluding hydrogens is 294 g/mol. The molecule has 1 heterocycles. The average Bonchev–Trinajstić information content (AvgIpc) is 2.56. The summed E-state index contributed by atoms with van der Waals surface area (Å²) in [6, 6.07) is 9.77. The number of rotatable bonds is 5. The normalized spacial score (nSPS) is 10.9. The highest BCUT2D eigenvalue weighted by atomic mass is 16.2. The number of aromatic nitrogens is 2. The van der Waals surface area contributed by atoms with Gasteiger partial charge in [0.15, 0.2) is 6.29 Å². The Hall–Kier alpha value is -2.89. The van der Waals surface area contributed by atoms with Crippen LogP contribution in [-0.4, -0.2) is 29.0 Å². The van der Waals surface area contributed by atoms with Crippen molar-refractivity contribution in [2.75, 3.05) is 18.5 Å². The number of anilines is 1. The Morgan fingerprint density at radius 3 is 2.35 bits per heavy atom. The summed E-state index contributed by atoms with van der Waals surface area (Å²) < 4.78 is 2.24. The van der Waals surface area contributed by atoms with E-state index in [-0.39, 0.29) is 5.56 Å². The summed E-state index contributed by atoms with van der Waals surface area (Å²) in [5.74, 6) is 0.311. The lowest BCUT2D eigenvalue weighted by atomic mass is 10.2. The van der Waals surface area contributed by atoms with E-state index in [2.05, 4.69) is 0 Å². The first-order valence-corrected chi connectivity index (χ1v) is 7.15. The van der Waals surface area contributed by atoms with E-state index in [0.717, 1.165) is 10.1 Å². The number of nitrogens with zero attached hydrogens (tertiary/aromatic N) is 3. The number of aldehydes is 1. The predicted molar refractivity (Wildman–Crippen MR) is 91.1 cm³/mol. The average molecular weight is 313 g/mol. The summed E-state index contributed by atoms with van der Waals surface area (Å²) in [6.07, 6.45) is 4.34. The molecule has 0 atom stereocenters. The Kier molecular flexibility index (Phi) is 4.95. The van der Waals surface area contributed by atoms with Crippen LogP contribution < -0.4 is 16.1 Å². The number of hydrogen-bond acceptors (Lipinski definition) is 4. The smallest absolute Gasteiger partial charge is 0.332 e. The SMILES string of the molecule is CN(C/C=C/c1ccccc1)c1c(C=O)c(=O)n(C)c(=O)n1C. The molecule has 0 amide bonds. The number of carbonyl (C=O) groups excluding carboxylic acids is 1. The van der Waals surface area contributed by atoms with Gasteiger partial charge in [0, 0.05) is 27.7 Å². The maximum absolute atomic E-state index is 12.1. The molecule has 1 aromatic carbocycles. The van der Waals surface area contributed by atoms with E-state index in [1.165, 1.54) is 11.6 Å². The van der Waals surface area contributed by atoms with E-state index in [1.807, 2.05) is 42.5 Å². The van der Waals surface area contributed by atoms with Crippen molar-refractivity contribution in [1.29, 1.82) is 0 Å². The van der Waals surface area contributed by atoms with Crippen LogP contribution in [0.4, 0.5) is 5.82 Å². The van der Waals surface area contributed by atoms with E-state index in [9.17, 15) is 14.4 Å². The third-order valence-corrected chi connectivity index (χ3v) is 3.64. The van der Waals surface area contributed by atoms with Gasteiger partial charge < -0.3 is 4.90 Å². The van der Waals surface area contributed by atoms with Crippen molar-refractivity contribution in [3.05, 3.63) is 68.4 Å². The van der Waals surface area contributed by atoms with E-state index in [0.29, 0.717) is 18.6 Å². The predicted octanol–water partition coefficient (Wildman–Crippen LogP) is 1.05. The van der Waals surface area contributed by atoms with Crippen molar-refractivity contribution in [2.45, 2.75) is 0 Å². The Labute approximate surface area is 133 Å². The highest BCUT2D eigenvalue weighted by molar-refractivity contribution is 5.82. The molecule has 0 fully saturated rings. The second kappa shape index (κ2) is 6.91. The molecule has 6 nitrogen and oxygen atoms in total. The summed E-state index contributed by atoms with van der Waals surface area (Å²) in [6.45, 7) is 0.455. The quantitative estimate of drug-likeness (QED) is 0.774. The highest BCUT2D eigenvalue weighted by Gasteiger charge is 2.17. The zero-order valence-electron chi connectivity index (χ0n) is 13.4. The van der Waals surface area contributed by atoms with Crippen LogP contribution in [0.3, 0.4) is 0 Å². The summed E-state index contributed by atoms with van der Waals surface area (Å²) >= 11 is 0. The number of carbonyl (C=O) groups is 1. The fourth-order valence-corrected chi connectivity index (χ4v) is 2.42. The standard InChI is InChI=1S/C17H19N3O3/c1-18(11-7-10-13-8-5-4-6-9-13)15-14(12-21)16(22)20(3)17(23)19(15)2/h4-10,12H,11H2,1-3H3/b10-7+. The molecule has 120 valence electrons. The fourth-order valence-electron chi connectivity index (χ4n) is 2.42. The minimum Gasteiger partial charge on any atom is -0.356 e. The van der Waals surface area contributed by atoms with Gasteiger partial charge in [-0.2, -0.15) is 0 Å². The minimum atomic E-state index is -0.586. The Morgan fingerprint density at radius 2 is 1.74 bits per heavy atom. The molecule has 23 heavy (non-hydrogen) atoms. The van der Waals surface area contributed by atoms with Crippen LogP contribution in [0.5, 0.6) is 0 Å². The first-order valence-electron chi connectivity index (χ1n) is 7.15. The Bertz CT molecular complexity index is 848. The van der Waals surface area contributed by atoms with Crippen molar-refractivity contribution >= 4 is 18.2 Å². The fraction of sp³-hybridized carbons (Fsp3) is 0.235. The van der Waals surface area contributed by atoms with Crippen LogP contribution in [0.25, 0.3) is 6.08 Å². The molecule has 0 unspecified atom stereocenters. The van der Waals surface area contributed by atoms with Crippen LogP contribution in [0.1, 0.15) is 15.9 Å². The summed E-state index contributed by atoms with van der Waals surface area (Å²) in [5.41, 5.74) is -0.0222. The molecule has 6 heteroatoms. The van der Waals surface area contributed by atoms with Crippen LogP contribution in [0, 0.1) is 0 Å². The van der Waals surface area contributed by atoms with Crippen LogP contribution in [0.2, 0.25) is 0 Å². The lowest BCUT2D eigenvalue weighted by molar-refractivity contribution is 0.112. The molecule has 1 aromatic heterocycles. The molecule has 0 spiro atoms. The molecule has 0 saturated carbocycles. The molecule has 0 radical (unpaired) electrons. The number of hydrogen-bond donors (Lipinski definition) is 0. The van der Waals surface area contributed by atoms with Crippen molar-refractivity contribution in [3.8, 4) is 0 Å². The van der Waals surface area contributed by atoms with E-state index in [1.54, 1.807) is 19.0 Å². The summed E-state index contributed by atoms with van der Waals surface area (Å²) in [4.78, 5) is 37.1. The zero-order valence-corrected chi connectivity index (χ0v) is 13.4. The number of likely N-dealkylation sites (N-methyl/N-ethyl adjacent to an activating group) is 1. The van der Waals surface area contributed by atoms with Crippen molar-refractivity contribution < 1.29 is 4.79 Å². The third kappa shape index (κ3) is 3.31. The van der Waals surface area contributed by atoms with Gasteiger partial charge in [-0.3, -0.25) is 18.7 Å². The topological polar surface area (TPSA) is 64.3 Å². The maximum Gasteiger partial charge on any atom is 0.332 e. The van der Waals surface area contributed by atoms with Crippen molar-refractivity contribution in [2.24, 2.45) is 14.1 Å². The van der Waals surface area contributed by atoms with Gasteiger partial charge in [-0.05, 0) is 5.56 Å². The van der Waals surface area contributed by atoms with Crippen LogP contribution in [-0.2, 0) is 14.1 Å². The Balaban J connectivity index is 2.35. The number of benzene rings is 1.